The molecule has 5 heteroatoms. The van der Waals surface area contributed by atoms with Gasteiger partial charge < -0.3 is 5.32 Å². The molecule has 0 aliphatic carbocycles. The van der Waals surface area contributed by atoms with Crippen molar-refractivity contribution in [3.8, 4) is 0 Å². The Kier molecular flexibility index (Phi) is 4.40. The predicted molar refractivity (Wildman–Crippen MR) is 80.8 cm³/mol. The number of anilines is 1. The Balaban J connectivity index is 2.03. The first-order valence-electron chi connectivity index (χ1n) is 6.95. The number of rotatable bonds is 4. The zero-order valence-corrected chi connectivity index (χ0v) is 12.8. The van der Waals surface area contributed by atoms with Crippen LogP contribution in [0.1, 0.15) is 36.3 Å². The third kappa shape index (κ3) is 3.68. The topological polar surface area (TPSA) is 46.9 Å². The molecule has 1 aromatic carbocycles. The molecule has 0 aliphatic heterocycles. The lowest BCUT2D eigenvalue weighted by atomic mass is 10.1. The van der Waals surface area contributed by atoms with E-state index in [-0.39, 0.29) is 17.8 Å². The minimum absolute atomic E-state index is 0.0283. The number of nitrogens with one attached hydrogen (secondary N) is 1. The molecule has 0 spiro atoms. The van der Waals surface area contributed by atoms with Gasteiger partial charge in [-0.05, 0) is 57.5 Å². The van der Waals surface area contributed by atoms with Crippen molar-refractivity contribution in [3.63, 3.8) is 0 Å². The summed E-state index contributed by atoms with van der Waals surface area (Å²) in [6.07, 6.45) is 0.318. The average molecular weight is 289 g/mol. The molecule has 0 bridgehead atoms. The summed E-state index contributed by atoms with van der Waals surface area (Å²) in [4.78, 5) is 12.1. The van der Waals surface area contributed by atoms with Crippen molar-refractivity contribution in [2.75, 3.05) is 5.32 Å². The van der Waals surface area contributed by atoms with Gasteiger partial charge in [-0.2, -0.15) is 5.10 Å². The number of aryl methyl sites for hydroxylation is 3. The first kappa shape index (κ1) is 15.2. The van der Waals surface area contributed by atoms with Gasteiger partial charge in [-0.15, -0.1) is 0 Å². The summed E-state index contributed by atoms with van der Waals surface area (Å²) in [7, 11) is 0. The molecule has 1 amide bonds. The highest BCUT2D eigenvalue weighted by Gasteiger charge is 2.14. The number of hydrogen-bond acceptors (Lipinski definition) is 2. The van der Waals surface area contributed by atoms with E-state index in [2.05, 4.69) is 10.4 Å². The van der Waals surface area contributed by atoms with Crippen LogP contribution in [0.25, 0.3) is 0 Å². The molecule has 1 heterocycles. The van der Waals surface area contributed by atoms with Crippen LogP contribution < -0.4 is 5.32 Å². The van der Waals surface area contributed by atoms with Crippen LogP contribution in [0.4, 0.5) is 10.1 Å². The van der Waals surface area contributed by atoms with Crippen LogP contribution in [0.5, 0.6) is 0 Å². The van der Waals surface area contributed by atoms with Gasteiger partial charge in [-0.25, -0.2) is 4.39 Å². The van der Waals surface area contributed by atoms with E-state index in [0.29, 0.717) is 17.7 Å². The van der Waals surface area contributed by atoms with E-state index in [1.165, 1.54) is 12.1 Å². The molecule has 112 valence electrons. The highest BCUT2D eigenvalue weighted by Crippen LogP contribution is 2.18. The Bertz CT molecular complexity index is 664. The van der Waals surface area contributed by atoms with Gasteiger partial charge in [0.05, 0.1) is 11.7 Å². The summed E-state index contributed by atoms with van der Waals surface area (Å²) in [5, 5.41) is 7.20. The number of halogens is 1. The zero-order chi connectivity index (χ0) is 15.6. The Hall–Kier alpha value is -2.17. The SMILES string of the molecule is Cc1cc(C)n([C@H](C)CC(=O)Nc2ccc(F)cc2C)n1. The fourth-order valence-corrected chi connectivity index (χ4v) is 2.42. The Labute approximate surface area is 124 Å². The predicted octanol–water partition coefficient (Wildman–Crippen LogP) is 3.54. The van der Waals surface area contributed by atoms with Crippen LogP contribution in [-0.2, 0) is 4.79 Å². The summed E-state index contributed by atoms with van der Waals surface area (Å²) >= 11 is 0. The van der Waals surface area contributed by atoms with Crippen molar-refractivity contribution in [1.29, 1.82) is 0 Å². The number of nitrogens with zero attached hydrogens (tertiary/aromatic N) is 2. The Morgan fingerprint density at radius 3 is 2.62 bits per heavy atom. The number of aromatic nitrogens is 2. The maximum absolute atomic E-state index is 13.0. The van der Waals surface area contributed by atoms with E-state index < -0.39 is 0 Å². The van der Waals surface area contributed by atoms with Gasteiger partial charge in [0.25, 0.3) is 0 Å². The third-order valence-corrected chi connectivity index (χ3v) is 3.41. The third-order valence-electron chi connectivity index (χ3n) is 3.41. The lowest BCUT2D eigenvalue weighted by molar-refractivity contribution is -0.116. The molecular formula is C16H20FN3O. The molecule has 0 unspecified atom stereocenters. The van der Waals surface area contributed by atoms with E-state index in [9.17, 15) is 9.18 Å². The first-order chi connectivity index (χ1) is 9.86. The highest BCUT2D eigenvalue weighted by molar-refractivity contribution is 5.91. The van der Waals surface area contributed by atoms with Crippen LogP contribution in [0.2, 0.25) is 0 Å². The fourth-order valence-electron chi connectivity index (χ4n) is 2.42. The summed E-state index contributed by atoms with van der Waals surface area (Å²) in [5.74, 6) is -0.411. The van der Waals surface area contributed by atoms with E-state index in [4.69, 9.17) is 0 Å². The second kappa shape index (κ2) is 6.08. The van der Waals surface area contributed by atoms with E-state index in [0.717, 1.165) is 11.4 Å². The van der Waals surface area contributed by atoms with Gasteiger partial charge in [0.15, 0.2) is 0 Å². The molecule has 2 aromatic rings. The minimum Gasteiger partial charge on any atom is -0.326 e. The average Bonchev–Trinajstić information content (AvgIpc) is 2.72. The largest absolute Gasteiger partial charge is 0.326 e. The van der Waals surface area contributed by atoms with E-state index in [1.807, 2.05) is 31.5 Å². The van der Waals surface area contributed by atoms with Gasteiger partial charge in [0.1, 0.15) is 5.82 Å². The molecule has 0 aliphatic rings. The summed E-state index contributed by atoms with van der Waals surface area (Å²) < 4.78 is 14.9. The second-order valence-electron chi connectivity index (χ2n) is 5.43. The smallest absolute Gasteiger partial charge is 0.226 e. The Morgan fingerprint density at radius 1 is 1.33 bits per heavy atom. The quantitative estimate of drug-likeness (QED) is 0.935. The van der Waals surface area contributed by atoms with Crippen LogP contribution in [0, 0.1) is 26.6 Å². The molecule has 0 saturated carbocycles. The molecule has 1 aromatic heterocycles. The normalized spacial score (nSPS) is 12.2. The van der Waals surface area contributed by atoms with Gasteiger partial charge >= 0.3 is 0 Å². The van der Waals surface area contributed by atoms with Crippen molar-refractivity contribution >= 4 is 11.6 Å². The highest BCUT2D eigenvalue weighted by atomic mass is 19.1. The molecule has 0 saturated heterocycles. The number of benzene rings is 1. The van der Waals surface area contributed by atoms with Gasteiger partial charge in [-0.3, -0.25) is 9.48 Å². The second-order valence-corrected chi connectivity index (χ2v) is 5.43. The number of carbonyl (C=O) groups excluding carboxylic acids is 1. The number of hydrogen-bond donors (Lipinski definition) is 1. The van der Waals surface area contributed by atoms with Crippen molar-refractivity contribution in [2.45, 2.75) is 40.2 Å². The number of amides is 1. The lowest BCUT2D eigenvalue weighted by Crippen LogP contribution is -2.19. The van der Waals surface area contributed by atoms with Gasteiger partial charge in [0, 0.05) is 17.8 Å². The van der Waals surface area contributed by atoms with Crippen molar-refractivity contribution in [2.24, 2.45) is 0 Å². The van der Waals surface area contributed by atoms with Gasteiger partial charge in [-0.1, -0.05) is 0 Å². The minimum atomic E-state index is -0.304. The maximum Gasteiger partial charge on any atom is 0.226 e. The van der Waals surface area contributed by atoms with Crippen LogP contribution in [-0.4, -0.2) is 15.7 Å². The number of carbonyl (C=O) groups is 1. The van der Waals surface area contributed by atoms with Crippen LogP contribution in [0.3, 0.4) is 0 Å². The fraction of sp³-hybridized carbons (Fsp3) is 0.375. The molecule has 1 atom stereocenters. The van der Waals surface area contributed by atoms with Crippen molar-refractivity contribution < 1.29 is 9.18 Å². The summed E-state index contributed by atoms with van der Waals surface area (Å²) in [6, 6.07) is 6.28. The molecular weight excluding hydrogens is 269 g/mol. The summed E-state index contributed by atoms with van der Waals surface area (Å²) in [6.45, 7) is 7.62. The standard InChI is InChI=1S/C16H20FN3O/c1-10-7-14(17)5-6-15(10)18-16(21)9-13(4)20-12(3)8-11(2)19-20/h5-8,13H,9H2,1-4H3,(H,18,21)/t13-/m1/s1. The lowest BCUT2D eigenvalue weighted by Gasteiger charge is -2.15. The first-order valence-corrected chi connectivity index (χ1v) is 6.95. The van der Waals surface area contributed by atoms with Crippen molar-refractivity contribution in [1.82, 2.24) is 9.78 Å². The van der Waals surface area contributed by atoms with Crippen LogP contribution in [0.15, 0.2) is 24.3 Å². The Morgan fingerprint density at radius 2 is 2.05 bits per heavy atom. The molecule has 2 rings (SSSR count). The molecule has 0 radical (unpaired) electrons. The monoisotopic (exact) mass is 289 g/mol. The zero-order valence-electron chi connectivity index (χ0n) is 12.8. The van der Waals surface area contributed by atoms with E-state index in [1.54, 1.807) is 13.0 Å². The molecule has 21 heavy (non-hydrogen) atoms. The molecule has 1 N–H and O–H groups in total. The van der Waals surface area contributed by atoms with E-state index >= 15 is 0 Å². The molecule has 0 fully saturated rings. The molecule has 4 nitrogen and oxygen atoms in total. The van der Waals surface area contributed by atoms with Crippen molar-refractivity contribution in [3.05, 3.63) is 47.0 Å². The maximum atomic E-state index is 13.0. The van der Waals surface area contributed by atoms with Crippen LogP contribution >= 0.6 is 0 Å². The van der Waals surface area contributed by atoms with Gasteiger partial charge in [0.2, 0.25) is 5.91 Å². The summed E-state index contributed by atoms with van der Waals surface area (Å²) in [5.41, 5.74) is 3.32.